The van der Waals surface area contributed by atoms with Crippen LogP contribution in [0.15, 0.2) is 83.6 Å². The molecule has 1 heterocycles. The van der Waals surface area contributed by atoms with Gasteiger partial charge in [-0.3, -0.25) is 10.3 Å². The number of carboxylic acids is 1. The number of ether oxygens (including phenoxy) is 1. The van der Waals surface area contributed by atoms with Crippen molar-refractivity contribution in [3.05, 3.63) is 84.1 Å². The molecule has 0 saturated heterocycles. The lowest BCUT2D eigenvalue weighted by atomic mass is 9.88. The highest BCUT2D eigenvalue weighted by atomic mass is 16.5. The lowest BCUT2D eigenvalue weighted by molar-refractivity contribution is -0.129. The molecule has 1 aromatic carbocycles. The van der Waals surface area contributed by atoms with Gasteiger partial charge in [-0.25, -0.2) is 9.59 Å². The Morgan fingerprint density at radius 2 is 2.04 bits per heavy atom. The fourth-order valence-electron chi connectivity index (χ4n) is 2.74. The number of allylic oxidation sites excluding steroid dienone is 3. The molecule has 0 radical (unpaired) electrons. The number of nitrogens with zero attached hydrogens (tertiary/aromatic N) is 1. The summed E-state index contributed by atoms with van der Waals surface area (Å²) in [6, 6.07) is 8.89. The van der Waals surface area contributed by atoms with Gasteiger partial charge < -0.3 is 9.84 Å². The van der Waals surface area contributed by atoms with E-state index in [0.717, 1.165) is 11.1 Å². The van der Waals surface area contributed by atoms with Gasteiger partial charge in [0.05, 0.1) is 11.7 Å². The molecular weight excluding hydrogens is 332 g/mol. The van der Waals surface area contributed by atoms with Crippen LogP contribution in [-0.2, 0) is 16.1 Å². The van der Waals surface area contributed by atoms with Crippen LogP contribution in [0.1, 0.15) is 5.56 Å². The fourth-order valence-corrected chi connectivity index (χ4v) is 2.74. The number of nitrogens with one attached hydrogen (secondary N) is 1. The maximum Gasteiger partial charge on any atom is 0.412 e. The Morgan fingerprint density at radius 3 is 2.73 bits per heavy atom. The van der Waals surface area contributed by atoms with Crippen molar-refractivity contribution in [3.8, 4) is 0 Å². The lowest BCUT2D eigenvalue weighted by Crippen LogP contribution is -2.37. The van der Waals surface area contributed by atoms with Crippen molar-refractivity contribution in [2.24, 2.45) is 10.9 Å². The van der Waals surface area contributed by atoms with Gasteiger partial charge in [0, 0.05) is 5.92 Å². The molecule has 0 aromatic heterocycles. The number of alkyl carbamates (subject to hydrolysis) is 1. The topological polar surface area (TPSA) is 88.0 Å². The largest absolute Gasteiger partial charge is 0.476 e. The van der Waals surface area contributed by atoms with E-state index in [1.54, 1.807) is 12.2 Å². The van der Waals surface area contributed by atoms with Crippen LogP contribution >= 0.6 is 0 Å². The summed E-state index contributed by atoms with van der Waals surface area (Å²) in [5.41, 5.74) is 1.66. The zero-order valence-electron chi connectivity index (χ0n) is 14.0. The number of hydrogen-bond donors (Lipinski definition) is 2. The third-order valence-corrected chi connectivity index (χ3v) is 4.05. The van der Waals surface area contributed by atoms with Gasteiger partial charge in [-0.2, -0.15) is 0 Å². The first-order valence-electron chi connectivity index (χ1n) is 8.10. The third kappa shape index (κ3) is 3.97. The quantitative estimate of drug-likeness (QED) is 0.854. The van der Waals surface area contributed by atoms with Crippen LogP contribution in [0.2, 0.25) is 0 Å². The highest BCUT2D eigenvalue weighted by Crippen LogP contribution is 2.26. The van der Waals surface area contributed by atoms with Gasteiger partial charge in [0.15, 0.2) is 5.71 Å². The van der Waals surface area contributed by atoms with E-state index >= 15 is 0 Å². The molecule has 3 rings (SSSR count). The van der Waals surface area contributed by atoms with E-state index in [2.05, 4.69) is 16.9 Å². The summed E-state index contributed by atoms with van der Waals surface area (Å²) >= 11 is 0. The first-order chi connectivity index (χ1) is 12.6. The molecule has 1 amide bonds. The molecule has 6 heteroatoms. The number of hydrogen-bond acceptors (Lipinski definition) is 4. The van der Waals surface area contributed by atoms with Crippen LogP contribution in [0.3, 0.4) is 0 Å². The Morgan fingerprint density at radius 1 is 1.27 bits per heavy atom. The number of benzene rings is 1. The normalized spacial score (nSPS) is 20.8. The highest BCUT2D eigenvalue weighted by Gasteiger charge is 2.29. The molecule has 26 heavy (non-hydrogen) atoms. The third-order valence-electron chi connectivity index (χ3n) is 4.05. The van der Waals surface area contributed by atoms with Crippen LogP contribution < -0.4 is 5.32 Å². The Balaban J connectivity index is 1.71. The van der Waals surface area contributed by atoms with E-state index < -0.39 is 12.1 Å². The van der Waals surface area contributed by atoms with Crippen molar-refractivity contribution < 1.29 is 19.4 Å². The summed E-state index contributed by atoms with van der Waals surface area (Å²) in [5, 5.41) is 11.9. The van der Waals surface area contributed by atoms with Crippen LogP contribution in [-0.4, -0.2) is 28.9 Å². The second kappa shape index (κ2) is 7.65. The second-order valence-corrected chi connectivity index (χ2v) is 5.85. The average Bonchev–Trinajstić information content (AvgIpc) is 2.66. The number of aliphatic imine (C=N–C) groups is 1. The Hall–Kier alpha value is -3.41. The van der Waals surface area contributed by atoms with Gasteiger partial charge >= 0.3 is 12.1 Å². The zero-order valence-corrected chi connectivity index (χ0v) is 14.0. The average molecular weight is 350 g/mol. The molecule has 2 aliphatic rings. The smallest absolute Gasteiger partial charge is 0.412 e. The SMILES string of the molecule is C=CC1=CC2N=C(C(=O)O)C(NC(=O)OCc3ccccc3)=CC2C=C1. The predicted octanol–water partition coefficient (Wildman–Crippen LogP) is 3.00. The number of rotatable bonds is 5. The molecule has 1 aliphatic carbocycles. The minimum Gasteiger partial charge on any atom is -0.476 e. The molecule has 0 bridgehead atoms. The molecule has 1 aromatic rings. The zero-order chi connectivity index (χ0) is 18.5. The number of dihydropyridines is 1. The van der Waals surface area contributed by atoms with Gasteiger partial charge in [0.25, 0.3) is 0 Å². The number of amides is 1. The molecule has 2 N–H and O–H groups in total. The second-order valence-electron chi connectivity index (χ2n) is 5.85. The highest BCUT2D eigenvalue weighted by molar-refractivity contribution is 6.43. The standard InChI is InChI=1S/C20H18N2O4/c1-2-13-8-9-15-11-17(18(19(23)24)21-16(15)10-13)22-20(25)26-12-14-6-4-3-5-7-14/h2-11,15-16H,1,12H2,(H,22,25)(H,23,24). The number of fused-ring (bicyclic) bond motifs is 1. The van der Waals surface area contributed by atoms with Gasteiger partial charge in [-0.15, -0.1) is 0 Å². The molecule has 132 valence electrons. The summed E-state index contributed by atoms with van der Waals surface area (Å²) in [6.45, 7) is 3.80. The van der Waals surface area contributed by atoms with Crippen molar-refractivity contribution in [2.75, 3.05) is 0 Å². The van der Waals surface area contributed by atoms with Crippen molar-refractivity contribution >= 4 is 17.8 Å². The summed E-state index contributed by atoms with van der Waals surface area (Å²) < 4.78 is 5.15. The van der Waals surface area contributed by atoms with E-state index in [4.69, 9.17) is 4.74 Å². The molecule has 2 unspecified atom stereocenters. The Labute approximate surface area is 150 Å². The molecule has 0 spiro atoms. The molecule has 0 saturated carbocycles. The van der Waals surface area contributed by atoms with Gasteiger partial charge in [-0.05, 0) is 17.2 Å². The molecule has 2 atom stereocenters. The number of aliphatic carboxylic acids is 1. The van der Waals surface area contributed by atoms with E-state index in [-0.39, 0.29) is 30.0 Å². The van der Waals surface area contributed by atoms with Gasteiger partial charge in [-0.1, -0.05) is 61.2 Å². The van der Waals surface area contributed by atoms with E-state index in [1.165, 1.54) is 0 Å². The summed E-state index contributed by atoms with van der Waals surface area (Å²) in [5.74, 6) is -1.34. The van der Waals surface area contributed by atoms with Crippen LogP contribution in [0.25, 0.3) is 0 Å². The summed E-state index contributed by atoms with van der Waals surface area (Å²) in [7, 11) is 0. The minimum atomic E-state index is -1.21. The van der Waals surface area contributed by atoms with Crippen LogP contribution in [0, 0.1) is 5.92 Å². The van der Waals surface area contributed by atoms with Crippen molar-refractivity contribution in [3.63, 3.8) is 0 Å². The fraction of sp³-hybridized carbons (Fsp3) is 0.150. The first kappa shape index (κ1) is 17.4. The first-order valence-corrected chi connectivity index (χ1v) is 8.10. The molecule has 6 nitrogen and oxygen atoms in total. The van der Waals surface area contributed by atoms with E-state index in [0.29, 0.717) is 0 Å². The lowest BCUT2D eigenvalue weighted by Gasteiger charge is -2.26. The number of carbonyl (C=O) groups excluding carboxylic acids is 1. The van der Waals surface area contributed by atoms with Gasteiger partial charge in [0.2, 0.25) is 0 Å². The van der Waals surface area contributed by atoms with Crippen molar-refractivity contribution in [1.82, 2.24) is 5.32 Å². The Bertz CT molecular complexity index is 850. The number of carbonyl (C=O) groups is 2. The minimum absolute atomic E-state index is 0.0941. The Kier molecular flexibility index (Phi) is 5.12. The van der Waals surface area contributed by atoms with E-state index in [9.17, 15) is 14.7 Å². The maximum atomic E-state index is 12.0. The van der Waals surface area contributed by atoms with Crippen LogP contribution in [0.4, 0.5) is 4.79 Å². The predicted molar refractivity (Wildman–Crippen MR) is 97.6 cm³/mol. The summed E-state index contributed by atoms with van der Waals surface area (Å²) in [4.78, 5) is 27.8. The van der Waals surface area contributed by atoms with Crippen molar-refractivity contribution in [1.29, 1.82) is 0 Å². The van der Waals surface area contributed by atoms with E-state index in [1.807, 2.05) is 48.6 Å². The molecule has 1 aliphatic heterocycles. The van der Waals surface area contributed by atoms with Gasteiger partial charge in [0.1, 0.15) is 6.61 Å². The monoisotopic (exact) mass is 350 g/mol. The van der Waals surface area contributed by atoms with Crippen LogP contribution in [0.5, 0.6) is 0 Å². The molecular formula is C20H18N2O4. The maximum absolute atomic E-state index is 12.0. The van der Waals surface area contributed by atoms with Crippen molar-refractivity contribution in [2.45, 2.75) is 12.6 Å². The molecule has 0 fully saturated rings. The summed E-state index contributed by atoms with van der Waals surface area (Å²) in [6.07, 6.45) is 8.27. The number of carboxylic acid groups (broad SMARTS) is 1.